The highest BCUT2D eigenvalue weighted by Crippen LogP contribution is 2.24. The van der Waals surface area contributed by atoms with E-state index in [2.05, 4.69) is 18.7 Å². The Hall–Kier alpha value is -1.19. The monoisotopic (exact) mass is 262 g/mol. The molecule has 0 aliphatic carbocycles. The maximum atomic E-state index is 9.78. The van der Waals surface area contributed by atoms with Gasteiger partial charge in [-0.15, -0.1) is 11.8 Å². The van der Waals surface area contributed by atoms with Crippen LogP contribution in [-0.4, -0.2) is 23.6 Å². The van der Waals surface area contributed by atoms with Crippen molar-refractivity contribution >= 4 is 11.8 Å². The number of hydrogen-bond donors (Lipinski definition) is 1. The summed E-state index contributed by atoms with van der Waals surface area (Å²) in [4.78, 5) is 1.28. The maximum absolute atomic E-state index is 9.78. The molecule has 1 aromatic carbocycles. The first-order valence-electron chi connectivity index (χ1n) is 6.12. The van der Waals surface area contributed by atoms with E-state index in [-0.39, 0.29) is 6.10 Å². The minimum Gasteiger partial charge on any atom is -0.512 e. The SMILES string of the molecule is C=CC1=C(O)CC(CCSc2ccccc2)OC1. The second-order valence-corrected chi connectivity index (χ2v) is 5.43. The number of aliphatic hydroxyl groups is 1. The lowest BCUT2D eigenvalue weighted by Gasteiger charge is -2.23. The molecule has 0 amide bonds. The van der Waals surface area contributed by atoms with Gasteiger partial charge in [0.2, 0.25) is 0 Å². The van der Waals surface area contributed by atoms with E-state index in [1.165, 1.54) is 4.90 Å². The molecule has 1 unspecified atom stereocenters. The summed E-state index contributed by atoms with van der Waals surface area (Å²) < 4.78 is 5.69. The molecule has 1 N–H and O–H groups in total. The smallest absolute Gasteiger partial charge is 0.100 e. The highest BCUT2D eigenvalue weighted by Gasteiger charge is 2.19. The summed E-state index contributed by atoms with van der Waals surface area (Å²) in [6.07, 6.45) is 3.36. The van der Waals surface area contributed by atoms with Crippen LogP contribution in [0.2, 0.25) is 0 Å². The molecule has 1 aliphatic heterocycles. The van der Waals surface area contributed by atoms with Crippen molar-refractivity contribution < 1.29 is 9.84 Å². The molecule has 0 spiro atoms. The molecule has 1 heterocycles. The third-order valence-electron chi connectivity index (χ3n) is 2.96. The van der Waals surface area contributed by atoms with E-state index in [1.54, 1.807) is 6.08 Å². The van der Waals surface area contributed by atoms with E-state index in [4.69, 9.17) is 4.74 Å². The normalized spacial score (nSPS) is 19.9. The standard InChI is InChI=1S/C15H18O2S/c1-2-12-11-17-13(10-15(12)16)8-9-18-14-6-4-3-5-7-14/h2-7,13,16H,1,8-11H2. The fourth-order valence-electron chi connectivity index (χ4n) is 1.88. The Morgan fingerprint density at radius 3 is 2.83 bits per heavy atom. The molecule has 1 aliphatic rings. The van der Waals surface area contributed by atoms with Crippen molar-refractivity contribution in [2.75, 3.05) is 12.4 Å². The molecule has 96 valence electrons. The maximum Gasteiger partial charge on any atom is 0.100 e. The van der Waals surface area contributed by atoms with Gasteiger partial charge in [-0.05, 0) is 18.6 Å². The lowest BCUT2D eigenvalue weighted by Crippen LogP contribution is -2.22. The Labute approximate surface area is 112 Å². The van der Waals surface area contributed by atoms with Crippen LogP contribution in [-0.2, 0) is 4.74 Å². The van der Waals surface area contributed by atoms with Crippen LogP contribution in [0, 0.1) is 0 Å². The molecule has 0 saturated heterocycles. The average molecular weight is 262 g/mol. The third-order valence-corrected chi connectivity index (χ3v) is 4.01. The summed E-state index contributed by atoms with van der Waals surface area (Å²) in [5, 5.41) is 9.78. The van der Waals surface area contributed by atoms with Crippen LogP contribution in [0.25, 0.3) is 0 Å². The molecule has 0 aromatic heterocycles. The zero-order chi connectivity index (χ0) is 12.8. The van der Waals surface area contributed by atoms with Crippen molar-refractivity contribution in [3.63, 3.8) is 0 Å². The Morgan fingerprint density at radius 1 is 1.39 bits per heavy atom. The Kier molecular flexibility index (Phi) is 4.90. The van der Waals surface area contributed by atoms with Gasteiger partial charge in [-0.2, -0.15) is 0 Å². The van der Waals surface area contributed by atoms with Crippen LogP contribution in [0.5, 0.6) is 0 Å². The number of aliphatic hydroxyl groups excluding tert-OH is 1. The van der Waals surface area contributed by atoms with Crippen molar-refractivity contribution in [1.82, 2.24) is 0 Å². The van der Waals surface area contributed by atoms with Gasteiger partial charge in [-0.25, -0.2) is 0 Å². The molecule has 0 fully saturated rings. The Balaban J connectivity index is 1.76. The highest BCUT2D eigenvalue weighted by atomic mass is 32.2. The number of thioether (sulfide) groups is 1. The molecular formula is C15H18O2S. The predicted molar refractivity (Wildman–Crippen MR) is 76.0 cm³/mol. The van der Waals surface area contributed by atoms with Crippen molar-refractivity contribution in [3.05, 3.63) is 54.3 Å². The molecular weight excluding hydrogens is 244 g/mol. The number of hydrogen-bond acceptors (Lipinski definition) is 3. The van der Waals surface area contributed by atoms with Crippen LogP contribution in [0.3, 0.4) is 0 Å². The van der Waals surface area contributed by atoms with Gasteiger partial charge >= 0.3 is 0 Å². The zero-order valence-corrected chi connectivity index (χ0v) is 11.2. The summed E-state index contributed by atoms with van der Waals surface area (Å²) in [5.74, 6) is 1.44. The Bertz CT molecular complexity index is 425. The van der Waals surface area contributed by atoms with Crippen molar-refractivity contribution in [2.24, 2.45) is 0 Å². The zero-order valence-electron chi connectivity index (χ0n) is 10.3. The second-order valence-electron chi connectivity index (χ2n) is 4.26. The minimum atomic E-state index is 0.130. The van der Waals surface area contributed by atoms with Gasteiger partial charge in [0.25, 0.3) is 0 Å². The predicted octanol–water partition coefficient (Wildman–Crippen LogP) is 3.96. The van der Waals surface area contributed by atoms with E-state index in [0.717, 1.165) is 17.7 Å². The topological polar surface area (TPSA) is 29.5 Å². The van der Waals surface area contributed by atoms with Gasteiger partial charge in [0.15, 0.2) is 0 Å². The summed E-state index contributed by atoms with van der Waals surface area (Å²) in [5.41, 5.74) is 0.821. The molecule has 0 radical (unpaired) electrons. The quantitative estimate of drug-likeness (QED) is 0.815. The molecule has 2 rings (SSSR count). The summed E-state index contributed by atoms with van der Waals surface area (Å²) in [7, 11) is 0. The van der Waals surface area contributed by atoms with Gasteiger partial charge < -0.3 is 9.84 Å². The van der Waals surface area contributed by atoms with Crippen LogP contribution >= 0.6 is 11.8 Å². The van der Waals surface area contributed by atoms with Crippen molar-refractivity contribution in [3.8, 4) is 0 Å². The molecule has 0 bridgehead atoms. The molecule has 0 saturated carbocycles. The first kappa shape index (κ1) is 13.2. The van der Waals surface area contributed by atoms with Gasteiger partial charge in [0.05, 0.1) is 12.7 Å². The second kappa shape index (κ2) is 6.66. The van der Waals surface area contributed by atoms with E-state index < -0.39 is 0 Å². The lowest BCUT2D eigenvalue weighted by molar-refractivity contribution is 0.0445. The summed E-state index contributed by atoms with van der Waals surface area (Å²) in [6.45, 7) is 4.14. The molecule has 1 aromatic rings. The van der Waals surface area contributed by atoms with Gasteiger partial charge in [-0.1, -0.05) is 30.9 Å². The number of benzene rings is 1. The van der Waals surface area contributed by atoms with Crippen molar-refractivity contribution in [2.45, 2.75) is 23.8 Å². The summed E-state index contributed by atoms with van der Waals surface area (Å²) in [6, 6.07) is 10.3. The van der Waals surface area contributed by atoms with Gasteiger partial charge in [-0.3, -0.25) is 0 Å². The summed E-state index contributed by atoms with van der Waals surface area (Å²) >= 11 is 1.82. The van der Waals surface area contributed by atoms with Crippen LogP contribution in [0.4, 0.5) is 0 Å². The molecule has 18 heavy (non-hydrogen) atoms. The fourth-order valence-corrected chi connectivity index (χ4v) is 2.85. The van der Waals surface area contributed by atoms with Crippen LogP contribution in [0.15, 0.2) is 59.2 Å². The number of ether oxygens (including phenoxy) is 1. The van der Waals surface area contributed by atoms with E-state index >= 15 is 0 Å². The van der Waals surface area contributed by atoms with E-state index in [9.17, 15) is 5.11 Å². The fraction of sp³-hybridized carbons (Fsp3) is 0.333. The van der Waals surface area contributed by atoms with Crippen LogP contribution in [0.1, 0.15) is 12.8 Å². The lowest BCUT2D eigenvalue weighted by atomic mass is 10.1. The van der Waals surface area contributed by atoms with Gasteiger partial charge in [0, 0.05) is 22.6 Å². The molecule has 3 heteroatoms. The van der Waals surface area contributed by atoms with E-state index in [0.29, 0.717) is 18.8 Å². The highest BCUT2D eigenvalue weighted by molar-refractivity contribution is 7.99. The number of rotatable bonds is 5. The first-order valence-corrected chi connectivity index (χ1v) is 7.11. The van der Waals surface area contributed by atoms with E-state index in [1.807, 2.05) is 30.0 Å². The van der Waals surface area contributed by atoms with Gasteiger partial charge in [0.1, 0.15) is 5.76 Å². The average Bonchev–Trinajstić information content (AvgIpc) is 2.40. The third kappa shape index (κ3) is 3.65. The first-order chi connectivity index (χ1) is 8.79. The molecule has 1 atom stereocenters. The van der Waals surface area contributed by atoms with Crippen LogP contribution < -0.4 is 0 Å². The van der Waals surface area contributed by atoms with Crippen molar-refractivity contribution in [1.29, 1.82) is 0 Å². The Morgan fingerprint density at radius 2 is 2.17 bits per heavy atom. The molecule has 2 nitrogen and oxygen atoms in total. The minimum absolute atomic E-state index is 0.130. The largest absolute Gasteiger partial charge is 0.512 e.